The molecule has 0 fully saturated rings. The van der Waals surface area contributed by atoms with Crippen molar-refractivity contribution in [1.82, 2.24) is 5.32 Å². The van der Waals surface area contributed by atoms with Gasteiger partial charge in [0.2, 0.25) is 5.91 Å². The Bertz CT molecular complexity index is 430. The lowest BCUT2D eigenvalue weighted by atomic mass is 10.2. The third-order valence-corrected chi connectivity index (χ3v) is 3.28. The zero-order valence-corrected chi connectivity index (χ0v) is 11.8. The molecular formula is C14H19NO2S. The number of amides is 1. The monoisotopic (exact) mass is 265 g/mol. The Hall–Kier alpha value is -1.29. The van der Waals surface area contributed by atoms with Crippen LogP contribution in [0, 0.1) is 0 Å². The maximum atomic E-state index is 11.4. The Kier molecular flexibility index (Phi) is 5.92. The van der Waals surface area contributed by atoms with Crippen molar-refractivity contribution in [3.63, 3.8) is 0 Å². The molecule has 0 atom stereocenters. The molecule has 4 heteroatoms. The number of rotatable bonds is 6. The molecule has 18 heavy (non-hydrogen) atoms. The lowest BCUT2D eigenvalue weighted by molar-refractivity contribution is -0.121. The van der Waals surface area contributed by atoms with Crippen molar-refractivity contribution in [3.05, 3.63) is 29.8 Å². The molecule has 0 aliphatic rings. The van der Waals surface area contributed by atoms with Crippen molar-refractivity contribution < 1.29 is 9.59 Å². The van der Waals surface area contributed by atoms with Crippen molar-refractivity contribution in [2.24, 2.45) is 0 Å². The Labute approximate surface area is 112 Å². The molecule has 0 unspecified atom stereocenters. The third-order valence-electron chi connectivity index (χ3n) is 2.29. The zero-order chi connectivity index (χ0) is 13.5. The molecule has 1 amide bonds. The van der Waals surface area contributed by atoms with Crippen LogP contribution < -0.4 is 5.32 Å². The first-order chi connectivity index (χ1) is 8.49. The second-order valence-electron chi connectivity index (χ2n) is 4.40. The standard InChI is InChI=1S/C14H19NO2S/c1-10(2)15-14(17)7-8-18-13-6-4-5-12(9-13)11(3)16/h4-6,9-10H,7-8H2,1-3H3,(H,15,17). The minimum atomic E-state index is 0.0648. The number of benzene rings is 1. The number of hydrogen-bond acceptors (Lipinski definition) is 3. The maximum absolute atomic E-state index is 11.4. The summed E-state index contributed by atoms with van der Waals surface area (Å²) in [5.74, 6) is 0.857. The molecule has 1 N–H and O–H groups in total. The van der Waals surface area contributed by atoms with Crippen LogP contribution in [0.2, 0.25) is 0 Å². The van der Waals surface area contributed by atoms with Crippen molar-refractivity contribution in [1.29, 1.82) is 0 Å². The van der Waals surface area contributed by atoms with E-state index in [1.54, 1.807) is 24.8 Å². The fourth-order valence-corrected chi connectivity index (χ4v) is 2.37. The molecule has 98 valence electrons. The third kappa shape index (κ3) is 5.36. The molecule has 0 aliphatic carbocycles. The normalized spacial score (nSPS) is 10.4. The second kappa shape index (κ2) is 7.21. The topological polar surface area (TPSA) is 46.2 Å². The Morgan fingerprint density at radius 2 is 2.06 bits per heavy atom. The van der Waals surface area contributed by atoms with E-state index in [-0.39, 0.29) is 17.7 Å². The van der Waals surface area contributed by atoms with E-state index < -0.39 is 0 Å². The summed E-state index contributed by atoms with van der Waals surface area (Å²) in [6.07, 6.45) is 0.493. The van der Waals surface area contributed by atoms with Crippen LogP contribution in [-0.4, -0.2) is 23.5 Å². The van der Waals surface area contributed by atoms with E-state index in [2.05, 4.69) is 5.32 Å². The van der Waals surface area contributed by atoms with Crippen LogP contribution in [0.1, 0.15) is 37.6 Å². The van der Waals surface area contributed by atoms with Gasteiger partial charge in [0.15, 0.2) is 5.78 Å². The van der Waals surface area contributed by atoms with E-state index in [1.165, 1.54) is 0 Å². The van der Waals surface area contributed by atoms with Crippen LogP contribution in [0.5, 0.6) is 0 Å². The fourth-order valence-electron chi connectivity index (χ4n) is 1.46. The number of hydrogen-bond donors (Lipinski definition) is 1. The summed E-state index contributed by atoms with van der Waals surface area (Å²) in [4.78, 5) is 23.7. The van der Waals surface area contributed by atoms with Gasteiger partial charge in [0.25, 0.3) is 0 Å². The predicted molar refractivity (Wildman–Crippen MR) is 75.1 cm³/mol. The van der Waals surface area contributed by atoms with Gasteiger partial charge in [0, 0.05) is 28.7 Å². The van der Waals surface area contributed by atoms with E-state index in [1.807, 2.05) is 32.0 Å². The Morgan fingerprint density at radius 1 is 1.33 bits per heavy atom. The molecule has 0 heterocycles. The lowest BCUT2D eigenvalue weighted by Gasteiger charge is -2.08. The summed E-state index contributed by atoms with van der Waals surface area (Å²) < 4.78 is 0. The van der Waals surface area contributed by atoms with Gasteiger partial charge in [0.05, 0.1) is 0 Å². The van der Waals surface area contributed by atoms with E-state index in [0.717, 1.165) is 10.6 Å². The van der Waals surface area contributed by atoms with Gasteiger partial charge in [0.1, 0.15) is 0 Å². The molecule has 1 aromatic rings. The van der Waals surface area contributed by atoms with Gasteiger partial charge in [-0.25, -0.2) is 0 Å². The molecule has 0 aliphatic heterocycles. The lowest BCUT2D eigenvalue weighted by Crippen LogP contribution is -2.30. The predicted octanol–water partition coefficient (Wildman–Crippen LogP) is 2.90. The average molecular weight is 265 g/mol. The number of thioether (sulfide) groups is 1. The van der Waals surface area contributed by atoms with E-state index in [0.29, 0.717) is 12.0 Å². The fraction of sp³-hybridized carbons (Fsp3) is 0.429. The summed E-state index contributed by atoms with van der Waals surface area (Å²) in [6.45, 7) is 5.45. The molecular weight excluding hydrogens is 246 g/mol. The maximum Gasteiger partial charge on any atom is 0.221 e. The van der Waals surface area contributed by atoms with Crippen LogP contribution >= 0.6 is 11.8 Å². The van der Waals surface area contributed by atoms with Crippen LogP contribution in [0.15, 0.2) is 29.2 Å². The van der Waals surface area contributed by atoms with Gasteiger partial charge in [-0.05, 0) is 32.9 Å². The summed E-state index contributed by atoms with van der Waals surface area (Å²) in [7, 11) is 0. The van der Waals surface area contributed by atoms with Crippen LogP contribution in [0.4, 0.5) is 0 Å². The first-order valence-electron chi connectivity index (χ1n) is 6.02. The number of ketones is 1. The SMILES string of the molecule is CC(=O)c1cccc(SCCC(=O)NC(C)C)c1. The first-order valence-corrected chi connectivity index (χ1v) is 7.00. The van der Waals surface area contributed by atoms with Crippen molar-refractivity contribution >= 4 is 23.5 Å². The highest BCUT2D eigenvalue weighted by atomic mass is 32.2. The van der Waals surface area contributed by atoms with Crippen molar-refractivity contribution in [3.8, 4) is 0 Å². The van der Waals surface area contributed by atoms with Gasteiger partial charge in [-0.3, -0.25) is 9.59 Å². The van der Waals surface area contributed by atoms with Crippen molar-refractivity contribution in [2.45, 2.75) is 38.1 Å². The van der Waals surface area contributed by atoms with Gasteiger partial charge in [-0.2, -0.15) is 0 Å². The molecule has 0 saturated heterocycles. The van der Waals surface area contributed by atoms with E-state index in [4.69, 9.17) is 0 Å². The van der Waals surface area contributed by atoms with E-state index in [9.17, 15) is 9.59 Å². The Morgan fingerprint density at radius 3 is 2.67 bits per heavy atom. The summed E-state index contributed by atoms with van der Waals surface area (Å²) in [5, 5.41) is 2.85. The molecule has 0 radical (unpaired) electrons. The highest BCUT2D eigenvalue weighted by Crippen LogP contribution is 2.20. The quantitative estimate of drug-likeness (QED) is 0.635. The first kappa shape index (κ1) is 14.8. The highest BCUT2D eigenvalue weighted by Gasteiger charge is 2.04. The number of carbonyl (C=O) groups excluding carboxylic acids is 2. The zero-order valence-electron chi connectivity index (χ0n) is 11.0. The van der Waals surface area contributed by atoms with Gasteiger partial charge < -0.3 is 5.32 Å². The summed E-state index contributed by atoms with van der Waals surface area (Å²) >= 11 is 1.59. The number of carbonyl (C=O) groups is 2. The van der Waals surface area contributed by atoms with Gasteiger partial charge in [-0.1, -0.05) is 12.1 Å². The van der Waals surface area contributed by atoms with Crippen LogP contribution in [0.3, 0.4) is 0 Å². The smallest absolute Gasteiger partial charge is 0.221 e. The largest absolute Gasteiger partial charge is 0.354 e. The number of Topliss-reactive ketones (excluding diaryl/α,β-unsaturated/α-hetero) is 1. The molecule has 0 spiro atoms. The molecule has 1 rings (SSSR count). The molecule has 3 nitrogen and oxygen atoms in total. The summed E-state index contributed by atoms with van der Waals surface area (Å²) in [5.41, 5.74) is 0.714. The molecule has 0 bridgehead atoms. The van der Waals surface area contributed by atoms with Crippen LogP contribution in [0.25, 0.3) is 0 Å². The van der Waals surface area contributed by atoms with Gasteiger partial charge >= 0.3 is 0 Å². The highest BCUT2D eigenvalue weighted by molar-refractivity contribution is 7.99. The Balaban J connectivity index is 2.42. The van der Waals surface area contributed by atoms with Crippen LogP contribution in [-0.2, 0) is 4.79 Å². The molecule has 0 aromatic heterocycles. The minimum absolute atomic E-state index is 0.0648. The van der Waals surface area contributed by atoms with Crippen molar-refractivity contribution in [2.75, 3.05) is 5.75 Å². The average Bonchev–Trinajstić information content (AvgIpc) is 2.28. The minimum Gasteiger partial charge on any atom is -0.354 e. The molecule has 0 saturated carbocycles. The van der Waals surface area contributed by atoms with Gasteiger partial charge in [-0.15, -0.1) is 11.8 Å². The van der Waals surface area contributed by atoms with E-state index >= 15 is 0 Å². The summed E-state index contributed by atoms with van der Waals surface area (Å²) in [6, 6.07) is 7.68. The number of nitrogens with one attached hydrogen (secondary N) is 1. The second-order valence-corrected chi connectivity index (χ2v) is 5.57. The molecule has 1 aromatic carbocycles.